The molecule has 4 nitrogen and oxygen atoms in total. The van der Waals surface area contributed by atoms with Crippen LogP contribution in [0, 0.1) is 0 Å². The molecule has 1 aromatic rings. The summed E-state index contributed by atoms with van der Waals surface area (Å²) in [5, 5.41) is 0. The van der Waals surface area contributed by atoms with Crippen LogP contribution >= 0.6 is 15.9 Å². The van der Waals surface area contributed by atoms with Gasteiger partial charge in [-0.3, -0.25) is 4.31 Å². The van der Waals surface area contributed by atoms with E-state index in [4.69, 9.17) is 0 Å². The number of hydrogen-bond donors (Lipinski definition) is 0. The minimum atomic E-state index is -3.23. The van der Waals surface area contributed by atoms with E-state index in [1.165, 1.54) is 11.4 Å². The lowest BCUT2D eigenvalue weighted by molar-refractivity contribution is 0.592. The molecule has 0 aliphatic carbocycles. The second-order valence-electron chi connectivity index (χ2n) is 3.12. The summed E-state index contributed by atoms with van der Waals surface area (Å²) < 4.78 is 25.4. The van der Waals surface area contributed by atoms with Crippen LogP contribution in [0.2, 0.25) is 0 Å². The van der Waals surface area contributed by atoms with Gasteiger partial charge in [-0.25, -0.2) is 13.4 Å². The second kappa shape index (κ2) is 4.94. The van der Waals surface area contributed by atoms with Gasteiger partial charge in [-0.05, 0) is 18.6 Å². The molecule has 0 aliphatic heterocycles. The molecule has 84 valence electrons. The summed E-state index contributed by atoms with van der Waals surface area (Å²) in [5.41, 5.74) is 0. The zero-order valence-corrected chi connectivity index (χ0v) is 11.0. The number of pyridine rings is 1. The Morgan fingerprint density at radius 2 is 2.20 bits per heavy atom. The van der Waals surface area contributed by atoms with Crippen LogP contribution in [0.5, 0.6) is 0 Å². The first-order valence-corrected chi connectivity index (χ1v) is 6.95. The fraction of sp³-hybridized carbons (Fsp3) is 0.444. The minimum absolute atomic E-state index is 0.137. The Morgan fingerprint density at radius 3 is 2.73 bits per heavy atom. The van der Waals surface area contributed by atoms with Gasteiger partial charge in [0.25, 0.3) is 0 Å². The Labute approximate surface area is 98.5 Å². The number of anilines is 1. The van der Waals surface area contributed by atoms with E-state index in [9.17, 15) is 8.42 Å². The van der Waals surface area contributed by atoms with Gasteiger partial charge in [0.2, 0.25) is 10.0 Å². The normalized spacial score (nSPS) is 11.4. The number of nitrogens with zero attached hydrogens (tertiary/aromatic N) is 2. The first kappa shape index (κ1) is 12.4. The highest BCUT2D eigenvalue weighted by atomic mass is 79.9. The number of aromatic nitrogens is 1. The maximum Gasteiger partial charge on any atom is 0.236 e. The third-order valence-corrected chi connectivity index (χ3v) is 4.35. The van der Waals surface area contributed by atoms with Crippen molar-refractivity contribution in [2.24, 2.45) is 0 Å². The van der Waals surface area contributed by atoms with Crippen molar-refractivity contribution in [1.82, 2.24) is 4.98 Å². The lowest BCUT2D eigenvalue weighted by Gasteiger charge is -2.17. The Kier molecular flexibility index (Phi) is 4.10. The molecule has 0 radical (unpaired) electrons. The van der Waals surface area contributed by atoms with E-state index in [2.05, 4.69) is 20.9 Å². The van der Waals surface area contributed by atoms with Crippen LogP contribution < -0.4 is 4.31 Å². The van der Waals surface area contributed by atoms with Crippen molar-refractivity contribution >= 4 is 31.8 Å². The molecular formula is C9H13BrN2O2S. The van der Waals surface area contributed by atoms with E-state index in [0.29, 0.717) is 12.2 Å². The van der Waals surface area contributed by atoms with Crippen molar-refractivity contribution in [3.8, 4) is 0 Å². The van der Waals surface area contributed by atoms with Crippen molar-refractivity contribution in [2.45, 2.75) is 13.3 Å². The molecule has 15 heavy (non-hydrogen) atoms. The molecule has 0 aromatic carbocycles. The molecule has 1 heterocycles. The lowest BCUT2D eigenvalue weighted by atomic mass is 10.5. The monoisotopic (exact) mass is 292 g/mol. The molecular weight excluding hydrogens is 280 g/mol. The molecule has 0 N–H and O–H groups in total. The molecule has 0 bridgehead atoms. The van der Waals surface area contributed by atoms with Crippen molar-refractivity contribution in [1.29, 1.82) is 0 Å². The molecule has 0 saturated heterocycles. The first-order chi connectivity index (χ1) is 6.97. The zero-order valence-electron chi connectivity index (χ0n) is 8.64. The molecule has 0 saturated carbocycles. The van der Waals surface area contributed by atoms with Crippen LogP contribution in [0.15, 0.2) is 22.8 Å². The quantitative estimate of drug-likeness (QED) is 0.853. The van der Waals surface area contributed by atoms with Crippen molar-refractivity contribution in [3.05, 3.63) is 22.8 Å². The Balaban J connectivity index is 2.99. The standard InChI is InChI=1S/C9H13BrN2O2S/c1-3-6-15(13,14)12(2)9-7-8(10)4-5-11-9/h4-5,7H,3,6H2,1-2H3. The van der Waals surface area contributed by atoms with Gasteiger partial charge in [-0.15, -0.1) is 0 Å². The van der Waals surface area contributed by atoms with Crippen molar-refractivity contribution < 1.29 is 8.42 Å². The van der Waals surface area contributed by atoms with Gasteiger partial charge in [0.15, 0.2) is 0 Å². The fourth-order valence-electron chi connectivity index (χ4n) is 1.10. The molecule has 6 heteroatoms. The Morgan fingerprint density at radius 1 is 1.53 bits per heavy atom. The Bertz CT molecular complexity index is 433. The summed E-state index contributed by atoms with van der Waals surface area (Å²) in [7, 11) is -1.72. The van der Waals surface area contributed by atoms with Crippen LogP contribution in [0.3, 0.4) is 0 Å². The first-order valence-electron chi connectivity index (χ1n) is 4.55. The average Bonchev–Trinajstić information content (AvgIpc) is 2.16. The van der Waals surface area contributed by atoms with Crippen LogP contribution in [-0.4, -0.2) is 26.2 Å². The zero-order chi connectivity index (χ0) is 11.5. The van der Waals surface area contributed by atoms with Crippen LogP contribution in [0.1, 0.15) is 13.3 Å². The fourth-order valence-corrected chi connectivity index (χ4v) is 2.60. The third-order valence-electron chi connectivity index (χ3n) is 1.91. The maximum atomic E-state index is 11.7. The van der Waals surface area contributed by atoms with Gasteiger partial charge in [-0.1, -0.05) is 22.9 Å². The summed E-state index contributed by atoms with van der Waals surface area (Å²) in [5.74, 6) is 0.565. The topological polar surface area (TPSA) is 50.3 Å². The smallest absolute Gasteiger partial charge is 0.236 e. The van der Waals surface area contributed by atoms with Gasteiger partial charge in [0.05, 0.1) is 5.75 Å². The van der Waals surface area contributed by atoms with Gasteiger partial charge in [-0.2, -0.15) is 0 Å². The highest BCUT2D eigenvalue weighted by Gasteiger charge is 2.17. The molecule has 0 unspecified atom stereocenters. The van der Waals surface area contributed by atoms with E-state index in [-0.39, 0.29) is 5.75 Å². The van der Waals surface area contributed by atoms with Crippen molar-refractivity contribution in [2.75, 3.05) is 17.1 Å². The molecule has 0 spiro atoms. The molecule has 0 fully saturated rings. The molecule has 0 atom stereocenters. The molecule has 1 rings (SSSR count). The van der Waals surface area contributed by atoms with Gasteiger partial charge < -0.3 is 0 Å². The predicted molar refractivity (Wildman–Crippen MR) is 64.4 cm³/mol. The van der Waals surface area contributed by atoms with Crippen LogP contribution in [0.4, 0.5) is 5.82 Å². The van der Waals surface area contributed by atoms with Gasteiger partial charge in [0, 0.05) is 17.7 Å². The summed E-state index contributed by atoms with van der Waals surface area (Å²) in [4.78, 5) is 4.00. The molecule has 0 aliphatic rings. The van der Waals surface area contributed by atoms with E-state index in [1.807, 2.05) is 6.92 Å². The average molecular weight is 293 g/mol. The number of hydrogen-bond acceptors (Lipinski definition) is 3. The van der Waals surface area contributed by atoms with E-state index in [1.54, 1.807) is 18.3 Å². The summed E-state index contributed by atoms with van der Waals surface area (Å²) in [6.07, 6.45) is 2.16. The minimum Gasteiger partial charge on any atom is -0.257 e. The van der Waals surface area contributed by atoms with Gasteiger partial charge in [0.1, 0.15) is 5.82 Å². The highest BCUT2D eigenvalue weighted by Crippen LogP contribution is 2.18. The third kappa shape index (κ3) is 3.17. The second-order valence-corrected chi connectivity index (χ2v) is 6.15. The Hall–Kier alpha value is -0.620. The molecule has 0 amide bonds. The molecule has 1 aromatic heterocycles. The summed E-state index contributed by atoms with van der Waals surface area (Å²) in [6, 6.07) is 3.43. The number of halogens is 1. The van der Waals surface area contributed by atoms with E-state index >= 15 is 0 Å². The lowest BCUT2D eigenvalue weighted by Crippen LogP contribution is -2.29. The number of rotatable bonds is 4. The summed E-state index contributed by atoms with van der Waals surface area (Å²) in [6.45, 7) is 1.83. The van der Waals surface area contributed by atoms with Crippen LogP contribution in [-0.2, 0) is 10.0 Å². The van der Waals surface area contributed by atoms with Gasteiger partial charge >= 0.3 is 0 Å². The maximum absolute atomic E-state index is 11.7. The van der Waals surface area contributed by atoms with E-state index < -0.39 is 10.0 Å². The van der Waals surface area contributed by atoms with Crippen molar-refractivity contribution in [3.63, 3.8) is 0 Å². The predicted octanol–water partition coefficient (Wildman–Crippen LogP) is 2.02. The van der Waals surface area contributed by atoms with Crippen LogP contribution in [0.25, 0.3) is 0 Å². The highest BCUT2D eigenvalue weighted by molar-refractivity contribution is 9.10. The van der Waals surface area contributed by atoms with E-state index in [0.717, 1.165) is 4.47 Å². The number of sulfonamides is 1. The SMILES string of the molecule is CCCS(=O)(=O)N(C)c1cc(Br)ccn1. The largest absolute Gasteiger partial charge is 0.257 e. The summed E-state index contributed by atoms with van der Waals surface area (Å²) >= 11 is 3.27.